The first-order chi connectivity index (χ1) is 18.1. The third kappa shape index (κ3) is 9.00. The lowest BCUT2D eigenvalue weighted by Crippen LogP contribution is -2.52. The summed E-state index contributed by atoms with van der Waals surface area (Å²) in [5.41, 5.74) is 2.64. The minimum Gasteiger partial charge on any atom is -0.458 e. The first kappa shape index (κ1) is 28.3. The Morgan fingerprint density at radius 1 is 0.789 bits per heavy atom. The van der Waals surface area contributed by atoms with Crippen LogP contribution in [0.1, 0.15) is 44.4 Å². The number of hydrogen-bond acceptors (Lipinski definition) is 5. The molecule has 3 aromatic rings. The van der Waals surface area contributed by atoms with Gasteiger partial charge in [-0.1, -0.05) is 91.0 Å². The van der Waals surface area contributed by atoms with Crippen LogP contribution in [0.15, 0.2) is 96.0 Å². The van der Waals surface area contributed by atoms with Crippen molar-refractivity contribution in [2.24, 2.45) is 4.99 Å². The Morgan fingerprint density at radius 3 is 1.79 bits per heavy atom. The van der Waals surface area contributed by atoms with Gasteiger partial charge in [0.2, 0.25) is 11.8 Å². The molecule has 0 aliphatic rings. The molecule has 0 aromatic heterocycles. The summed E-state index contributed by atoms with van der Waals surface area (Å²) in [7, 11) is 0. The van der Waals surface area contributed by atoms with Crippen molar-refractivity contribution in [3.63, 3.8) is 0 Å². The minimum atomic E-state index is -0.899. The molecule has 0 spiro atoms. The van der Waals surface area contributed by atoms with Crippen molar-refractivity contribution in [2.45, 2.75) is 51.8 Å². The number of aliphatic imine (C=N–C) groups is 1. The molecule has 0 aliphatic carbocycles. The molecule has 2 atom stereocenters. The zero-order chi connectivity index (χ0) is 27.5. The van der Waals surface area contributed by atoms with Gasteiger partial charge in [-0.3, -0.25) is 14.6 Å². The van der Waals surface area contributed by atoms with Crippen molar-refractivity contribution < 1.29 is 19.1 Å². The van der Waals surface area contributed by atoms with E-state index in [-0.39, 0.29) is 13.0 Å². The molecule has 2 amide bonds. The monoisotopic (exact) mass is 513 g/mol. The van der Waals surface area contributed by atoms with Crippen molar-refractivity contribution in [1.29, 1.82) is 0 Å². The van der Waals surface area contributed by atoms with Gasteiger partial charge in [-0.05, 0) is 33.3 Å². The van der Waals surface area contributed by atoms with Crippen molar-refractivity contribution in [2.75, 3.05) is 6.54 Å². The quantitative estimate of drug-likeness (QED) is 0.315. The van der Waals surface area contributed by atoms with Gasteiger partial charge in [0.25, 0.3) is 0 Å². The fourth-order valence-electron chi connectivity index (χ4n) is 3.76. The largest absolute Gasteiger partial charge is 0.458 e. The molecule has 0 heterocycles. The van der Waals surface area contributed by atoms with Crippen LogP contribution in [0.3, 0.4) is 0 Å². The van der Waals surface area contributed by atoms with Crippen LogP contribution >= 0.6 is 0 Å². The molecule has 3 rings (SSSR count). The van der Waals surface area contributed by atoms with Gasteiger partial charge in [-0.15, -0.1) is 0 Å². The average molecular weight is 514 g/mol. The van der Waals surface area contributed by atoms with Gasteiger partial charge >= 0.3 is 5.97 Å². The smallest absolute Gasteiger partial charge is 0.329 e. The van der Waals surface area contributed by atoms with E-state index in [0.29, 0.717) is 5.71 Å². The van der Waals surface area contributed by atoms with Crippen LogP contribution in [0, 0.1) is 0 Å². The van der Waals surface area contributed by atoms with Gasteiger partial charge in [0.15, 0.2) is 0 Å². The van der Waals surface area contributed by atoms with E-state index in [4.69, 9.17) is 4.74 Å². The van der Waals surface area contributed by atoms with Gasteiger partial charge in [-0.25, -0.2) is 4.79 Å². The first-order valence-corrected chi connectivity index (χ1v) is 12.6. The van der Waals surface area contributed by atoms with Gasteiger partial charge in [0.1, 0.15) is 24.2 Å². The second-order valence-corrected chi connectivity index (χ2v) is 9.97. The summed E-state index contributed by atoms with van der Waals surface area (Å²) >= 11 is 0. The number of amides is 2. The Balaban J connectivity index is 1.67. The van der Waals surface area contributed by atoms with E-state index in [2.05, 4.69) is 15.6 Å². The second kappa shape index (κ2) is 13.3. The molecule has 0 aliphatic heterocycles. The summed E-state index contributed by atoms with van der Waals surface area (Å²) in [5.74, 6) is -1.43. The van der Waals surface area contributed by atoms with Crippen LogP contribution in [-0.2, 0) is 25.5 Å². The molecule has 0 saturated carbocycles. The first-order valence-electron chi connectivity index (χ1n) is 12.6. The van der Waals surface area contributed by atoms with E-state index in [1.54, 1.807) is 27.7 Å². The van der Waals surface area contributed by atoms with Crippen LogP contribution in [0.4, 0.5) is 0 Å². The van der Waals surface area contributed by atoms with E-state index >= 15 is 0 Å². The third-order valence-corrected chi connectivity index (χ3v) is 5.54. The van der Waals surface area contributed by atoms with Crippen LogP contribution in [0.2, 0.25) is 0 Å². The molecule has 198 valence electrons. The topological polar surface area (TPSA) is 96.9 Å². The zero-order valence-electron chi connectivity index (χ0n) is 22.3. The molecule has 0 unspecified atom stereocenters. The molecule has 2 N–H and O–H groups in total. The average Bonchev–Trinajstić information content (AvgIpc) is 2.89. The number of benzene rings is 3. The second-order valence-electron chi connectivity index (χ2n) is 9.97. The highest BCUT2D eigenvalue weighted by Gasteiger charge is 2.28. The summed E-state index contributed by atoms with van der Waals surface area (Å²) in [6, 6.07) is 26.8. The number of esters is 1. The van der Waals surface area contributed by atoms with E-state index in [1.807, 2.05) is 91.0 Å². The summed E-state index contributed by atoms with van der Waals surface area (Å²) in [6.07, 6.45) is 0.268. The Bertz CT molecular complexity index is 1190. The number of carbonyl (C=O) groups excluding carboxylic acids is 3. The van der Waals surface area contributed by atoms with E-state index in [1.165, 1.54) is 0 Å². The third-order valence-electron chi connectivity index (χ3n) is 5.54. The molecule has 0 fully saturated rings. The number of carbonyl (C=O) groups is 3. The van der Waals surface area contributed by atoms with Gasteiger partial charge in [0, 0.05) is 17.5 Å². The number of ether oxygens (including phenoxy) is 1. The predicted octanol–water partition coefficient (Wildman–Crippen LogP) is 4.10. The van der Waals surface area contributed by atoms with Crippen LogP contribution in [0.25, 0.3) is 0 Å². The number of rotatable bonds is 10. The summed E-state index contributed by atoms with van der Waals surface area (Å²) in [6.45, 7) is 6.73. The Morgan fingerprint density at radius 2 is 1.29 bits per heavy atom. The van der Waals surface area contributed by atoms with Gasteiger partial charge < -0.3 is 15.4 Å². The van der Waals surface area contributed by atoms with Crippen LogP contribution in [0.5, 0.6) is 0 Å². The lowest BCUT2D eigenvalue weighted by Gasteiger charge is -2.25. The maximum absolute atomic E-state index is 13.0. The number of hydrogen-bond donors (Lipinski definition) is 2. The molecule has 7 heteroatoms. The van der Waals surface area contributed by atoms with Crippen molar-refractivity contribution in [1.82, 2.24) is 10.6 Å². The van der Waals surface area contributed by atoms with Gasteiger partial charge in [-0.2, -0.15) is 0 Å². The maximum Gasteiger partial charge on any atom is 0.329 e. The molecule has 0 bridgehead atoms. The molecular formula is C31H35N3O4. The van der Waals surface area contributed by atoms with E-state index in [9.17, 15) is 14.4 Å². The minimum absolute atomic E-state index is 0.156. The number of nitrogens with zero attached hydrogens (tertiary/aromatic N) is 1. The van der Waals surface area contributed by atoms with E-state index in [0.717, 1.165) is 16.7 Å². The highest BCUT2D eigenvalue weighted by molar-refractivity contribution is 6.13. The molecule has 7 nitrogen and oxygen atoms in total. The summed E-state index contributed by atoms with van der Waals surface area (Å²) in [5, 5.41) is 5.43. The normalized spacial score (nSPS) is 12.5. The summed E-state index contributed by atoms with van der Waals surface area (Å²) in [4.78, 5) is 43.1. The van der Waals surface area contributed by atoms with Crippen molar-refractivity contribution in [3.05, 3.63) is 108 Å². The molecule has 0 saturated heterocycles. The predicted molar refractivity (Wildman–Crippen MR) is 149 cm³/mol. The van der Waals surface area contributed by atoms with Gasteiger partial charge in [0.05, 0.1) is 5.71 Å². The fraction of sp³-hybridized carbons (Fsp3) is 0.290. The van der Waals surface area contributed by atoms with Crippen LogP contribution in [-0.4, -0.2) is 47.7 Å². The fourth-order valence-corrected chi connectivity index (χ4v) is 3.76. The molecular weight excluding hydrogens is 478 g/mol. The Kier molecular flexibility index (Phi) is 9.93. The highest BCUT2D eigenvalue weighted by Crippen LogP contribution is 2.13. The van der Waals surface area contributed by atoms with Crippen molar-refractivity contribution >= 4 is 23.5 Å². The lowest BCUT2D eigenvalue weighted by atomic mass is 10.0. The van der Waals surface area contributed by atoms with E-state index < -0.39 is 35.5 Å². The zero-order valence-corrected chi connectivity index (χ0v) is 22.3. The maximum atomic E-state index is 13.0. The number of nitrogens with one attached hydrogen (secondary N) is 2. The van der Waals surface area contributed by atoms with Crippen LogP contribution < -0.4 is 10.6 Å². The standard InChI is InChI=1S/C31H35N3O4/c1-22(29(36)34-26(30(37)38-31(2,3)4)20-23-14-8-5-9-15-23)33-27(35)21-32-28(24-16-10-6-11-17-24)25-18-12-7-13-19-25/h5-19,22,26H,20-21H2,1-4H3,(H,33,35)(H,34,36)/t22-,26-/m0/s1. The molecule has 0 radical (unpaired) electrons. The summed E-state index contributed by atoms with van der Waals surface area (Å²) < 4.78 is 5.52. The molecule has 3 aromatic carbocycles. The van der Waals surface area contributed by atoms with Crippen molar-refractivity contribution in [3.8, 4) is 0 Å². The highest BCUT2D eigenvalue weighted by atomic mass is 16.6. The Labute approximate surface area is 224 Å². The SMILES string of the molecule is C[C@H](NC(=O)CN=C(c1ccccc1)c1ccccc1)C(=O)N[C@@H](Cc1ccccc1)C(=O)OC(C)(C)C. The lowest BCUT2D eigenvalue weighted by molar-refractivity contribution is -0.158. The molecule has 38 heavy (non-hydrogen) atoms. The Hall–Kier alpha value is -4.26.